The summed E-state index contributed by atoms with van der Waals surface area (Å²) in [6.45, 7) is 1.62. The minimum absolute atomic E-state index is 0.0533. The molecular formula is C15H13ClFN7O3. The van der Waals surface area contributed by atoms with E-state index < -0.39 is 16.6 Å². The number of aryl methyl sites for hydroxylation is 1. The van der Waals surface area contributed by atoms with E-state index in [4.69, 9.17) is 11.6 Å². The van der Waals surface area contributed by atoms with Gasteiger partial charge in [0.05, 0.1) is 23.4 Å². The molecule has 0 aliphatic carbocycles. The number of halogens is 2. The molecule has 0 atom stereocenters. The van der Waals surface area contributed by atoms with E-state index in [1.807, 2.05) is 0 Å². The average molecular weight is 394 g/mol. The second-order valence-electron chi connectivity index (χ2n) is 5.61. The van der Waals surface area contributed by atoms with Gasteiger partial charge in [0.1, 0.15) is 18.7 Å². The van der Waals surface area contributed by atoms with E-state index in [0.29, 0.717) is 11.3 Å². The van der Waals surface area contributed by atoms with Crippen LogP contribution >= 0.6 is 11.6 Å². The predicted molar refractivity (Wildman–Crippen MR) is 92.8 cm³/mol. The average Bonchev–Trinajstić information content (AvgIpc) is 3.17. The second-order valence-corrected chi connectivity index (χ2v) is 6.02. The molecule has 0 aliphatic rings. The Balaban J connectivity index is 1.63. The highest BCUT2D eigenvalue weighted by Crippen LogP contribution is 2.18. The number of carbonyl (C=O) groups is 1. The van der Waals surface area contributed by atoms with E-state index in [-0.39, 0.29) is 29.9 Å². The minimum Gasteiger partial charge on any atom is -0.358 e. The van der Waals surface area contributed by atoms with E-state index in [1.165, 1.54) is 40.0 Å². The summed E-state index contributed by atoms with van der Waals surface area (Å²) in [5.74, 6) is -1.21. The van der Waals surface area contributed by atoms with Crippen LogP contribution in [-0.4, -0.2) is 35.4 Å². The second kappa shape index (κ2) is 7.50. The number of benzene rings is 1. The molecule has 0 unspecified atom stereocenters. The first kappa shape index (κ1) is 18.5. The van der Waals surface area contributed by atoms with Crippen molar-refractivity contribution < 1.29 is 14.1 Å². The molecule has 3 rings (SSSR count). The van der Waals surface area contributed by atoms with Gasteiger partial charge in [-0.1, -0.05) is 17.7 Å². The number of carbonyl (C=O) groups excluding carboxylic acids is 1. The van der Waals surface area contributed by atoms with Crippen molar-refractivity contribution in [2.75, 3.05) is 5.32 Å². The number of nitrogens with one attached hydrogen (secondary N) is 1. The Bertz CT molecular complexity index is 1020. The summed E-state index contributed by atoms with van der Waals surface area (Å²) in [5, 5.41) is 21.3. The zero-order valence-corrected chi connectivity index (χ0v) is 14.7. The molecule has 0 saturated heterocycles. The summed E-state index contributed by atoms with van der Waals surface area (Å²) >= 11 is 5.97. The molecule has 0 radical (unpaired) electrons. The van der Waals surface area contributed by atoms with Crippen molar-refractivity contribution in [1.82, 2.24) is 24.5 Å². The van der Waals surface area contributed by atoms with Crippen molar-refractivity contribution in [1.29, 1.82) is 0 Å². The van der Waals surface area contributed by atoms with Gasteiger partial charge in [-0.2, -0.15) is 4.68 Å². The molecule has 0 spiro atoms. The lowest BCUT2D eigenvalue weighted by Crippen LogP contribution is -2.21. The van der Waals surface area contributed by atoms with Crippen molar-refractivity contribution in [2.45, 2.75) is 20.0 Å². The topological polar surface area (TPSA) is 121 Å². The highest BCUT2D eigenvalue weighted by atomic mass is 35.5. The number of hydrogen-bond acceptors (Lipinski definition) is 6. The van der Waals surface area contributed by atoms with E-state index in [0.717, 1.165) is 0 Å². The zero-order chi connectivity index (χ0) is 19.6. The van der Waals surface area contributed by atoms with Crippen LogP contribution < -0.4 is 5.32 Å². The molecule has 0 aliphatic heterocycles. The van der Waals surface area contributed by atoms with Gasteiger partial charge >= 0.3 is 5.82 Å². The molecule has 0 fully saturated rings. The van der Waals surface area contributed by atoms with Gasteiger partial charge in [-0.3, -0.25) is 10.1 Å². The maximum Gasteiger partial charge on any atom is 0.390 e. The van der Waals surface area contributed by atoms with Gasteiger partial charge in [0.15, 0.2) is 0 Å². The van der Waals surface area contributed by atoms with Gasteiger partial charge in [-0.05, 0) is 29.5 Å². The summed E-state index contributed by atoms with van der Waals surface area (Å²) in [4.78, 5) is 26.1. The van der Waals surface area contributed by atoms with Gasteiger partial charge in [-0.15, -0.1) is 5.10 Å². The van der Waals surface area contributed by atoms with Crippen molar-refractivity contribution in [3.63, 3.8) is 0 Å². The fraction of sp³-hybridized carbons (Fsp3) is 0.200. The maximum atomic E-state index is 13.1. The highest BCUT2D eigenvalue weighted by molar-refractivity contribution is 6.31. The first-order chi connectivity index (χ1) is 12.8. The maximum absolute atomic E-state index is 13.1. The molecule has 1 aromatic carbocycles. The van der Waals surface area contributed by atoms with E-state index in [1.54, 1.807) is 6.92 Å². The van der Waals surface area contributed by atoms with E-state index >= 15 is 0 Å². The molecule has 2 aromatic heterocycles. The number of nitrogens with zero attached hydrogens (tertiary/aromatic N) is 6. The molecule has 1 N–H and O–H groups in total. The van der Waals surface area contributed by atoms with Crippen LogP contribution in [0.4, 0.5) is 16.2 Å². The molecule has 3 aromatic rings. The van der Waals surface area contributed by atoms with Crippen LogP contribution in [-0.2, 0) is 17.9 Å². The van der Waals surface area contributed by atoms with Gasteiger partial charge in [-0.25, -0.2) is 14.1 Å². The Morgan fingerprint density at radius 3 is 2.81 bits per heavy atom. The van der Waals surface area contributed by atoms with Crippen LogP contribution in [0.5, 0.6) is 0 Å². The molecule has 2 heterocycles. The van der Waals surface area contributed by atoms with Crippen molar-refractivity contribution in [3.05, 3.63) is 62.8 Å². The third kappa shape index (κ3) is 4.44. The zero-order valence-electron chi connectivity index (χ0n) is 14.0. The first-order valence-electron chi connectivity index (χ1n) is 7.64. The normalized spacial score (nSPS) is 10.8. The molecule has 10 nitrogen and oxygen atoms in total. The van der Waals surface area contributed by atoms with Crippen LogP contribution in [0.2, 0.25) is 5.02 Å². The first-order valence-corrected chi connectivity index (χ1v) is 8.01. The Hall–Kier alpha value is -3.34. The Kier molecular flexibility index (Phi) is 5.12. The van der Waals surface area contributed by atoms with E-state index in [9.17, 15) is 19.3 Å². The van der Waals surface area contributed by atoms with Gasteiger partial charge in [0.25, 0.3) is 5.91 Å². The number of anilines is 1. The minimum atomic E-state index is -0.634. The molecule has 27 heavy (non-hydrogen) atoms. The lowest BCUT2D eigenvalue weighted by molar-refractivity contribution is -0.389. The number of hydrogen-bond donors (Lipinski definition) is 1. The van der Waals surface area contributed by atoms with Crippen molar-refractivity contribution in [2.24, 2.45) is 0 Å². The smallest absolute Gasteiger partial charge is 0.358 e. The summed E-state index contributed by atoms with van der Waals surface area (Å²) in [5.41, 5.74) is 1.11. The number of rotatable bonds is 6. The van der Waals surface area contributed by atoms with Gasteiger partial charge < -0.3 is 10.1 Å². The molecule has 1 amide bonds. The Morgan fingerprint density at radius 2 is 2.15 bits per heavy atom. The van der Waals surface area contributed by atoms with Crippen LogP contribution in [0, 0.1) is 22.9 Å². The fourth-order valence-corrected chi connectivity index (χ4v) is 2.52. The largest absolute Gasteiger partial charge is 0.390 e. The summed E-state index contributed by atoms with van der Waals surface area (Å²) < 4.78 is 15.7. The van der Waals surface area contributed by atoms with Crippen LogP contribution in [0.1, 0.15) is 11.3 Å². The summed E-state index contributed by atoms with van der Waals surface area (Å²) in [7, 11) is 0. The van der Waals surface area contributed by atoms with Crippen LogP contribution in [0.15, 0.2) is 30.6 Å². The van der Waals surface area contributed by atoms with Crippen molar-refractivity contribution >= 4 is 29.3 Å². The number of nitro groups is 1. The molecular weight excluding hydrogens is 381 g/mol. The third-order valence-corrected chi connectivity index (χ3v) is 3.94. The molecule has 0 saturated carbocycles. The lowest BCUT2D eigenvalue weighted by atomic mass is 10.2. The standard InChI is InChI=1S/C15H13ClFN7O3/c1-9-4-13(24(26)27)20-23(9)7-14(25)19-15-18-8-22(21-15)6-10-2-3-11(17)5-12(10)16/h2-5,8H,6-7H2,1H3,(H,19,21,25). The molecule has 12 heteroatoms. The SMILES string of the molecule is Cc1cc([N+](=O)[O-])nn1CC(=O)Nc1ncn(Cc2ccc(F)cc2Cl)n1. The number of aromatic nitrogens is 5. The van der Waals surface area contributed by atoms with Gasteiger partial charge in [0.2, 0.25) is 5.95 Å². The summed E-state index contributed by atoms with van der Waals surface area (Å²) in [6.07, 6.45) is 1.39. The Morgan fingerprint density at radius 1 is 1.37 bits per heavy atom. The van der Waals surface area contributed by atoms with Crippen LogP contribution in [0.25, 0.3) is 0 Å². The van der Waals surface area contributed by atoms with E-state index in [2.05, 4.69) is 20.5 Å². The summed E-state index contributed by atoms with van der Waals surface area (Å²) in [6, 6.07) is 5.28. The van der Waals surface area contributed by atoms with Crippen molar-refractivity contribution in [3.8, 4) is 0 Å². The van der Waals surface area contributed by atoms with Crippen LogP contribution in [0.3, 0.4) is 0 Å². The highest BCUT2D eigenvalue weighted by Gasteiger charge is 2.18. The third-order valence-electron chi connectivity index (χ3n) is 3.58. The predicted octanol–water partition coefficient (Wildman–Crippen LogP) is 2.17. The van der Waals surface area contributed by atoms with Gasteiger partial charge in [0, 0.05) is 5.02 Å². The fourth-order valence-electron chi connectivity index (χ4n) is 2.29. The lowest BCUT2D eigenvalue weighted by Gasteiger charge is -2.04. The Labute approximate surface area is 156 Å². The molecule has 0 bridgehead atoms. The quantitative estimate of drug-likeness (QED) is 0.506. The molecule has 140 valence electrons. The number of amides is 1. The monoisotopic (exact) mass is 393 g/mol.